The van der Waals surface area contributed by atoms with Crippen molar-refractivity contribution in [1.29, 1.82) is 0 Å². The van der Waals surface area contributed by atoms with E-state index in [0.29, 0.717) is 5.75 Å². The minimum absolute atomic E-state index is 0.0813. The van der Waals surface area contributed by atoms with Crippen LogP contribution in [0.2, 0.25) is 0 Å². The lowest BCUT2D eigenvalue weighted by Crippen LogP contribution is -2.53. The first-order valence-corrected chi connectivity index (χ1v) is 9.53. The molecular weight excluding hydrogens is 272 g/mol. The predicted octanol–water partition coefficient (Wildman–Crippen LogP) is 1.09. The average molecular weight is 298 g/mol. The normalized spacial score (nSPS) is 35.5. The van der Waals surface area contributed by atoms with E-state index in [0.717, 1.165) is 44.1 Å². The van der Waals surface area contributed by atoms with Crippen LogP contribution in [0.15, 0.2) is 0 Å². The molecule has 0 aromatic heterocycles. The monoisotopic (exact) mass is 298 g/mol. The second-order valence-corrected chi connectivity index (χ2v) is 8.28. The molecule has 114 valence electrons. The molecule has 3 fully saturated rings. The maximum absolute atomic E-state index is 12.0. The number of piperazine rings is 1. The molecule has 4 nitrogen and oxygen atoms in total. The van der Waals surface area contributed by atoms with Gasteiger partial charge in [0, 0.05) is 48.8 Å². The molecule has 0 radical (unpaired) electrons. The fourth-order valence-corrected chi connectivity index (χ4v) is 4.95. The minimum atomic E-state index is -0.976. The van der Waals surface area contributed by atoms with Crippen molar-refractivity contribution in [2.45, 2.75) is 38.6 Å². The molecule has 4 atom stereocenters. The standard InChI is InChI=1S/C15H26N2O2S/c1-2-20(19)11-15(18)17-7-5-16(6-8-17)14-10-12-3-4-13(14)9-12/h12-14H,2-11H2,1H3/t12-,13-,14+,20-/m0/s1. The van der Waals surface area contributed by atoms with Crippen LogP contribution in [-0.4, -0.2) is 63.6 Å². The zero-order chi connectivity index (χ0) is 14.1. The summed E-state index contributed by atoms with van der Waals surface area (Å²) in [6.07, 6.45) is 5.70. The molecule has 0 unspecified atom stereocenters. The second-order valence-electron chi connectivity index (χ2n) is 6.53. The first-order chi connectivity index (χ1) is 9.67. The van der Waals surface area contributed by atoms with E-state index in [4.69, 9.17) is 0 Å². The maximum atomic E-state index is 12.0. The lowest BCUT2D eigenvalue weighted by atomic mass is 9.93. The summed E-state index contributed by atoms with van der Waals surface area (Å²) in [6, 6.07) is 0.788. The molecule has 3 rings (SSSR count). The van der Waals surface area contributed by atoms with Crippen LogP contribution in [0, 0.1) is 11.8 Å². The van der Waals surface area contributed by atoms with E-state index in [-0.39, 0.29) is 11.7 Å². The highest BCUT2D eigenvalue weighted by atomic mass is 32.2. The van der Waals surface area contributed by atoms with Gasteiger partial charge in [-0.25, -0.2) is 0 Å². The first-order valence-electron chi connectivity index (χ1n) is 8.04. The second kappa shape index (κ2) is 6.14. The van der Waals surface area contributed by atoms with Gasteiger partial charge in [-0.1, -0.05) is 13.3 Å². The Morgan fingerprint density at radius 3 is 2.45 bits per heavy atom. The third kappa shape index (κ3) is 2.93. The van der Waals surface area contributed by atoms with Crippen LogP contribution in [-0.2, 0) is 15.6 Å². The van der Waals surface area contributed by atoms with Gasteiger partial charge in [0.15, 0.2) is 0 Å². The average Bonchev–Trinajstić information content (AvgIpc) is 3.10. The Bertz CT molecular complexity index is 393. The summed E-state index contributed by atoms with van der Waals surface area (Å²) < 4.78 is 11.5. The van der Waals surface area contributed by atoms with E-state index in [1.165, 1.54) is 25.7 Å². The topological polar surface area (TPSA) is 40.6 Å². The SMILES string of the molecule is CC[S@](=O)CC(=O)N1CCN([C@@H]2C[C@H]3CC[C@H]2C3)CC1. The lowest BCUT2D eigenvalue weighted by Gasteiger charge is -2.41. The van der Waals surface area contributed by atoms with Crippen molar-refractivity contribution in [1.82, 2.24) is 9.80 Å². The smallest absolute Gasteiger partial charge is 0.235 e. The quantitative estimate of drug-likeness (QED) is 0.780. The summed E-state index contributed by atoms with van der Waals surface area (Å²) in [5, 5.41) is 0. The van der Waals surface area contributed by atoms with Crippen molar-refractivity contribution in [2.75, 3.05) is 37.7 Å². The largest absolute Gasteiger partial charge is 0.339 e. The number of hydrogen-bond acceptors (Lipinski definition) is 3. The van der Waals surface area contributed by atoms with Crippen molar-refractivity contribution in [3.8, 4) is 0 Å². The van der Waals surface area contributed by atoms with Gasteiger partial charge < -0.3 is 4.90 Å². The van der Waals surface area contributed by atoms with Crippen LogP contribution in [0.3, 0.4) is 0 Å². The summed E-state index contributed by atoms with van der Waals surface area (Å²) in [4.78, 5) is 16.6. The Balaban J connectivity index is 1.47. The van der Waals surface area contributed by atoms with Crippen molar-refractivity contribution in [3.63, 3.8) is 0 Å². The number of amides is 1. The lowest BCUT2D eigenvalue weighted by molar-refractivity contribution is -0.130. The highest BCUT2D eigenvalue weighted by molar-refractivity contribution is 7.85. The molecule has 2 bridgehead atoms. The highest BCUT2D eigenvalue weighted by Gasteiger charge is 2.42. The summed E-state index contributed by atoms with van der Waals surface area (Å²) in [7, 11) is -0.976. The van der Waals surface area contributed by atoms with E-state index in [1.54, 1.807) is 0 Å². The van der Waals surface area contributed by atoms with Gasteiger partial charge in [0.1, 0.15) is 5.75 Å². The predicted molar refractivity (Wildman–Crippen MR) is 80.9 cm³/mol. The summed E-state index contributed by atoms with van der Waals surface area (Å²) >= 11 is 0. The Morgan fingerprint density at radius 1 is 1.15 bits per heavy atom. The van der Waals surface area contributed by atoms with Gasteiger partial charge in [0.05, 0.1) is 0 Å². The number of rotatable bonds is 4. The van der Waals surface area contributed by atoms with Crippen molar-refractivity contribution in [3.05, 3.63) is 0 Å². The van der Waals surface area contributed by atoms with Crippen LogP contribution in [0.25, 0.3) is 0 Å². The minimum Gasteiger partial charge on any atom is -0.339 e. The Morgan fingerprint density at radius 2 is 1.90 bits per heavy atom. The molecule has 1 heterocycles. The fourth-order valence-electron chi connectivity index (χ4n) is 4.29. The number of nitrogens with zero attached hydrogens (tertiary/aromatic N) is 2. The number of carbonyl (C=O) groups excluding carboxylic acids is 1. The molecule has 2 aliphatic carbocycles. The number of carbonyl (C=O) groups is 1. The maximum Gasteiger partial charge on any atom is 0.235 e. The van der Waals surface area contributed by atoms with Crippen molar-refractivity contribution >= 4 is 16.7 Å². The van der Waals surface area contributed by atoms with Crippen molar-refractivity contribution in [2.24, 2.45) is 11.8 Å². The van der Waals surface area contributed by atoms with Crippen LogP contribution in [0.1, 0.15) is 32.6 Å². The molecule has 20 heavy (non-hydrogen) atoms. The van der Waals surface area contributed by atoms with Gasteiger partial charge in [-0.3, -0.25) is 13.9 Å². The molecule has 5 heteroatoms. The molecule has 0 aromatic carbocycles. The molecule has 2 saturated carbocycles. The summed E-state index contributed by atoms with van der Waals surface area (Å²) in [6.45, 7) is 5.55. The van der Waals surface area contributed by atoms with Gasteiger partial charge in [-0.05, 0) is 31.1 Å². The first kappa shape index (κ1) is 14.5. The van der Waals surface area contributed by atoms with E-state index in [9.17, 15) is 9.00 Å². The van der Waals surface area contributed by atoms with Crippen molar-refractivity contribution < 1.29 is 9.00 Å². The van der Waals surface area contributed by atoms with E-state index in [2.05, 4.69) is 4.90 Å². The summed E-state index contributed by atoms with van der Waals surface area (Å²) in [5.41, 5.74) is 0. The molecule has 0 N–H and O–H groups in total. The van der Waals surface area contributed by atoms with E-state index < -0.39 is 10.8 Å². The zero-order valence-electron chi connectivity index (χ0n) is 12.4. The number of fused-ring (bicyclic) bond motifs is 2. The molecule has 0 aromatic rings. The van der Waals surface area contributed by atoms with Gasteiger partial charge in [-0.15, -0.1) is 0 Å². The Hall–Kier alpha value is -0.420. The fraction of sp³-hybridized carbons (Fsp3) is 0.933. The molecule has 1 amide bonds. The van der Waals surface area contributed by atoms with Gasteiger partial charge in [0.2, 0.25) is 5.91 Å². The summed E-state index contributed by atoms with van der Waals surface area (Å²) in [5.74, 6) is 2.78. The van der Waals surface area contributed by atoms with Crippen LogP contribution >= 0.6 is 0 Å². The molecular formula is C15H26N2O2S. The zero-order valence-corrected chi connectivity index (χ0v) is 13.2. The van der Waals surface area contributed by atoms with Gasteiger partial charge in [0.25, 0.3) is 0 Å². The van der Waals surface area contributed by atoms with E-state index in [1.807, 2.05) is 11.8 Å². The van der Waals surface area contributed by atoms with Gasteiger partial charge in [-0.2, -0.15) is 0 Å². The molecule has 1 saturated heterocycles. The number of hydrogen-bond donors (Lipinski definition) is 0. The Labute approximate surface area is 124 Å². The molecule has 0 spiro atoms. The van der Waals surface area contributed by atoms with Crippen LogP contribution < -0.4 is 0 Å². The molecule has 1 aliphatic heterocycles. The van der Waals surface area contributed by atoms with Crippen LogP contribution in [0.4, 0.5) is 0 Å². The highest BCUT2D eigenvalue weighted by Crippen LogP contribution is 2.46. The van der Waals surface area contributed by atoms with Crippen LogP contribution in [0.5, 0.6) is 0 Å². The van der Waals surface area contributed by atoms with Gasteiger partial charge >= 0.3 is 0 Å². The third-order valence-corrected chi connectivity index (χ3v) is 6.66. The third-order valence-electron chi connectivity index (χ3n) is 5.44. The molecule has 3 aliphatic rings. The van der Waals surface area contributed by atoms with E-state index >= 15 is 0 Å². The Kier molecular flexibility index (Phi) is 4.46.